The monoisotopic (exact) mass is 500 g/mol. The standard InChI is InChI=1S/C38H44/c1-2-3-4-5-6-7-20-31-38(36-25-16-10-17-26-36,37-27-18-11-19-28-37)32-35(34-23-14-9-15-24-34)30-29-33-21-12-8-13-22-33/h6-19,21-28,35H,2-5,20,29-32H2,1H3/b7-6+. The van der Waals surface area contributed by atoms with Gasteiger partial charge in [0.2, 0.25) is 0 Å². The molecule has 4 aromatic carbocycles. The first kappa shape index (κ1) is 27.6. The third-order valence-corrected chi connectivity index (χ3v) is 8.02. The van der Waals surface area contributed by atoms with Crippen molar-refractivity contribution in [2.24, 2.45) is 0 Å². The summed E-state index contributed by atoms with van der Waals surface area (Å²) in [5.41, 5.74) is 5.70. The van der Waals surface area contributed by atoms with Crippen LogP contribution in [-0.4, -0.2) is 0 Å². The lowest BCUT2D eigenvalue weighted by Gasteiger charge is -2.39. The van der Waals surface area contributed by atoms with E-state index in [1.165, 1.54) is 47.9 Å². The number of hydrogen-bond donors (Lipinski definition) is 0. The molecule has 4 rings (SSSR count). The second-order valence-corrected chi connectivity index (χ2v) is 10.7. The van der Waals surface area contributed by atoms with Crippen molar-refractivity contribution in [3.63, 3.8) is 0 Å². The molecule has 196 valence electrons. The quantitative estimate of drug-likeness (QED) is 0.112. The SMILES string of the molecule is CCCCC/C=C/CCC(CC(CCc1ccccc1)c1ccccc1)(c1ccccc1)c1ccccc1. The maximum atomic E-state index is 2.44. The van der Waals surface area contributed by atoms with Crippen LogP contribution in [0.3, 0.4) is 0 Å². The van der Waals surface area contributed by atoms with E-state index in [2.05, 4.69) is 140 Å². The summed E-state index contributed by atoms with van der Waals surface area (Å²) in [7, 11) is 0. The van der Waals surface area contributed by atoms with E-state index >= 15 is 0 Å². The Kier molecular flexibility index (Phi) is 11.0. The molecule has 0 saturated carbocycles. The van der Waals surface area contributed by atoms with Crippen LogP contribution >= 0.6 is 0 Å². The van der Waals surface area contributed by atoms with E-state index in [-0.39, 0.29) is 5.41 Å². The van der Waals surface area contributed by atoms with Gasteiger partial charge in [-0.1, -0.05) is 153 Å². The summed E-state index contributed by atoms with van der Waals surface area (Å²) in [5.74, 6) is 0.463. The Hall–Kier alpha value is -3.38. The zero-order chi connectivity index (χ0) is 26.3. The minimum atomic E-state index is -0.0481. The Morgan fingerprint density at radius 2 is 1.13 bits per heavy atom. The third kappa shape index (κ3) is 7.81. The third-order valence-electron chi connectivity index (χ3n) is 8.02. The molecule has 0 heteroatoms. The van der Waals surface area contributed by atoms with E-state index in [1.807, 2.05) is 0 Å². The molecule has 0 aliphatic rings. The van der Waals surface area contributed by atoms with Crippen LogP contribution in [0.1, 0.15) is 86.5 Å². The molecule has 0 aliphatic carbocycles. The summed E-state index contributed by atoms with van der Waals surface area (Å²) in [5, 5.41) is 0. The molecular formula is C38H44. The van der Waals surface area contributed by atoms with E-state index in [0.29, 0.717) is 5.92 Å². The van der Waals surface area contributed by atoms with Crippen molar-refractivity contribution < 1.29 is 0 Å². The van der Waals surface area contributed by atoms with Gasteiger partial charge in [0.15, 0.2) is 0 Å². The first-order valence-corrected chi connectivity index (χ1v) is 14.7. The van der Waals surface area contributed by atoms with Gasteiger partial charge in [-0.15, -0.1) is 0 Å². The first-order chi connectivity index (χ1) is 18.8. The zero-order valence-electron chi connectivity index (χ0n) is 23.1. The molecule has 0 N–H and O–H groups in total. The molecule has 4 aromatic rings. The number of hydrogen-bond acceptors (Lipinski definition) is 0. The fourth-order valence-corrected chi connectivity index (χ4v) is 5.90. The largest absolute Gasteiger partial charge is 0.0885 e. The van der Waals surface area contributed by atoms with Gasteiger partial charge in [0.1, 0.15) is 0 Å². The van der Waals surface area contributed by atoms with Crippen LogP contribution < -0.4 is 0 Å². The molecule has 0 fully saturated rings. The molecule has 0 aromatic heterocycles. The summed E-state index contributed by atoms with van der Waals surface area (Å²) < 4.78 is 0. The van der Waals surface area contributed by atoms with E-state index in [1.54, 1.807) is 0 Å². The van der Waals surface area contributed by atoms with Crippen molar-refractivity contribution in [3.8, 4) is 0 Å². The smallest absolute Gasteiger partial charge is 0.0211 e. The number of rotatable bonds is 15. The molecule has 0 aliphatic heterocycles. The van der Waals surface area contributed by atoms with Gasteiger partial charge >= 0.3 is 0 Å². The topological polar surface area (TPSA) is 0 Å². The van der Waals surface area contributed by atoms with E-state index in [4.69, 9.17) is 0 Å². The second-order valence-electron chi connectivity index (χ2n) is 10.7. The lowest BCUT2D eigenvalue weighted by molar-refractivity contribution is 0.385. The number of allylic oxidation sites excluding steroid dienone is 2. The number of aryl methyl sites for hydroxylation is 1. The van der Waals surface area contributed by atoms with Crippen LogP contribution in [0.5, 0.6) is 0 Å². The van der Waals surface area contributed by atoms with E-state index in [9.17, 15) is 0 Å². The summed E-state index contributed by atoms with van der Waals surface area (Å²) in [4.78, 5) is 0. The lowest BCUT2D eigenvalue weighted by atomic mass is 9.65. The predicted octanol–water partition coefficient (Wildman–Crippen LogP) is 10.7. The van der Waals surface area contributed by atoms with Gasteiger partial charge in [0.25, 0.3) is 0 Å². The van der Waals surface area contributed by atoms with Crippen molar-refractivity contribution in [2.45, 2.75) is 76.0 Å². The highest BCUT2D eigenvalue weighted by molar-refractivity contribution is 5.41. The fraction of sp³-hybridized carbons (Fsp3) is 0.316. The van der Waals surface area contributed by atoms with Crippen LogP contribution in [-0.2, 0) is 11.8 Å². The molecule has 0 saturated heterocycles. The Morgan fingerprint density at radius 3 is 1.71 bits per heavy atom. The highest BCUT2D eigenvalue weighted by Gasteiger charge is 2.36. The molecule has 1 unspecified atom stereocenters. The Bertz CT molecular complexity index is 1140. The number of unbranched alkanes of at least 4 members (excludes halogenated alkanes) is 3. The second kappa shape index (κ2) is 15.1. The van der Waals surface area contributed by atoms with E-state index < -0.39 is 0 Å². The van der Waals surface area contributed by atoms with Gasteiger partial charge in [0.05, 0.1) is 0 Å². The molecule has 0 heterocycles. The normalized spacial score (nSPS) is 12.6. The van der Waals surface area contributed by atoms with Crippen LogP contribution in [0, 0.1) is 0 Å². The van der Waals surface area contributed by atoms with Gasteiger partial charge in [-0.25, -0.2) is 0 Å². The minimum Gasteiger partial charge on any atom is -0.0885 e. The van der Waals surface area contributed by atoms with Crippen molar-refractivity contribution in [1.82, 2.24) is 0 Å². The highest BCUT2D eigenvalue weighted by Crippen LogP contribution is 2.45. The van der Waals surface area contributed by atoms with Gasteiger partial charge in [0, 0.05) is 5.41 Å². The van der Waals surface area contributed by atoms with Crippen molar-refractivity contribution in [1.29, 1.82) is 0 Å². The van der Waals surface area contributed by atoms with Crippen LogP contribution in [0.2, 0.25) is 0 Å². The Labute approximate surface area is 231 Å². The van der Waals surface area contributed by atoms with Crippen molar-refractivity contribution >= 4 is 0 Å². The summed E-state index contributed by atoms with van der Waals surface area (Å²) >= 11 is 0. The molecule has 1 atom stereocenters. The van der Waals surface area contributed by atoms with Crippen LogP contribution in [0.15, 0.2) is 133 Å². The minimum absolute atomic E-state index is 0.0481. The fourth-order valence-electron chi connectivity index (χ4n) is 5.90. The molecule has 0 amide bonds. The lowest BCUT2D eigenvalue weighted by Crippen LogP contribution is -2.30. The van der Waals surface area contributed by atoms with Gasteiger partial charge in [-0.3, -0.25) is 0 Å². The maximum Gasteiger partial charge on any atom is 0.0211 e. The predicted molar refractivity (Wildman–Crippen MR) is 165 cm³/mol. The Balaban J connectivity index is 1.69. The molecule has 0 spiro atoms. The molecule has 38 heavy (non-hydrogen) atoms. The number of benzene rings is 4. The summed E-state index contributed by atoms with van der Waals surface area (Å²) in [6.45, 7) is 2.28. The molecule has 0 bridgehead atoms. The Morgan fingerprint density at radius 1 is 0.605 bits per heavy atom. The van der Waals surface area contributed by atoms with Gasteiger partial charge in [-0.2, -0.15) is 0 Å². The first-order valence-electron chi connectivity index (χ1n) is 14.7. The zero-order valence-corrected chi connectivity index (χ0v) is 23.1. The van der Waals surface area contributed by atoms with Gasteiger partial charge < -0.3 is 0 Å². The van der Waals surface area contributed by atoms with Crippen LogP contribution in [0.25, 0.3) is 0 Å². The summed E-state index contributed by atoms with van der Waals surface area (Å²) in [6.07, 6.45) is 15.5. The van der Waals surface area contributed by atoms with Crippen LogP contribution in [0.4, 0.5) is 0 Å². The van der Waals surface area contributed by atoms with Crippen molar-refractivity contribution in [3.05, 3.63) is 156 Å². The molecule has 0 radical (unpaired) electrons. The van der Waals surface area contributed by atoms with Gasteiger partial charge in [-0.05, 0) is 73.1 Å². The van der Waals surface area contributed by atoms with E-state index in [0.717, 1.165) is 32.1 Å². The van der Waals surface area contributed by atoms with Crippen molar-refractivity contribution in [2.75, 3.05) is 0 Å². The summed E-state index contributed by atoms with van der Waals surface area (Å²) in [6, 6.07) is 44.8. The average molecular weight is 501 g/mol. The maximum absolute atomic E-state index is 2.44. The molecule has 0 nitrogen and oxygen atoms in total. The molecular weight excluding hydrogens is 456 g/mol. The highest BCUT2D eigenvalue weighted by atomic mass is 14.4. The average Bonchev–Trinajstić information content (AvgIpc) is 3.00.